The summed E-state index contributed by atoms with van der Waals surface area (Å²) in [4.78, 5) is 20.2. The van der Waals surface area contributed by atoms with Gasteiger partial charge in [0, 0.05) is 0 Å². The van der Waals surface area contributed by atoms with E-state index in [2.05, 4.69) is 53.1 Å². The van der Waals surface area contributed by atoms with E-state index in [1.807, 2.05) is 11.8 Å². The second-order valence-electron chi connectivity index (χ2n) is 8.40. The third-order valence-corrected chi connectivity index (χ3v) is 9.96. The molecular weight excluding hydrogens is 332 g/mol. The standard InChI is InChI=1S/C19H32N2O3Si/c1-9-10-23-21-17-12-20(18(21)22)15(11-16(17)14(2)3)13-24-25(7,8)19(4,5)6/h9,11,15,17H,1-2,10,12-13H2,3-8H3. The van der Waals surface area contributed by atoms with Crippen LogP contribution in [0.2, 0.25) is 18.1 Å². The Labute approximate surface area is 153 Å². The molecule has 2 aliphatic rings. The Kier molecular flexibility index (Phi) is 5.66. The Morgan fingerprint density at radius 2 is 2.08 bits per heavy atom. The van der Waals surface area contributed by atoms with Gasteiger partial charge >= 0.3 is 6.03 Å². The molecule has 2 heterocycles. The van der Waals surface area contributed by atoms with Crippen molar-refractivity contribution in [2.24, 2.45) is 0 Å². The lowest BCUT2D eigenvalue weighted by atomic mass is 9.95. The smallest absolute Gasteiger partial charge is 0.345 e. The van der Waals surface area contributed by atoms with Crippen molar-refractivity contribution in [2.75, 3.05) is 19.8 Å². The summed E-state index contributed by atoms with van der Waals surface area (Å²) in [5.74, 6) is 0. The number of hydroxylamine groups is 2. The van der Waals surface area contributed by atoms with Crippen LogP contribution in [-0.4, -0.2) is 56.2 Å². The van der Waals surface area contributed by atoms with Crippen LogP contribution in [0.25, 0.3) is 0 Å². The number of amides is 2. The Bertz CT molecular complexity index is 592. The Morgan fingerprint density at radius 3 is 2.60 bits per heavy atom. The van der Waals surface area contributed by atoms with Gasteiger partial charge < -0.3 is 9.33 Å². The van der Waals surface area contributed by atoms with Crippen molar-refractivity contribution in [1.29, 1.82) is 0 Å². The topological polar surface area (TPSA) is 42.0 Å². The average Bonchev–Trinajstić information content (AvgIpc) is 2.76. The van der Waals surface area contributed by atoms with Gasteiger partial charge in [-0.15, -0.1) is 6.58 Å². The van der Waals surface area contributed by atoms with Crippen LogP contribution < -0.4 is 0 Å². The van der Waals surface area contributed by atoms with Gasteiger partial charge in [0.1, 0.15) is 6.04 Å². The molecule has 1 fully saturated rings. The van der Waals surface area contributed by atoms with Crippen LogP contribution in [0.15, 0.2) is 36.5 Å². The number of urea groups is 1. The number of rotatable bonds is 7. The maximum Gasteiger partial charge on any atom is 0.345 e. The highest BCUT2D eigenvalue weighted by atomic mass is 28.4. The Morgan fingerprint density at radius 1 is 1.44 bits per heavy atom. The fourth-order valence-corrected chi connectivity index (χ4v) is 3.88. The molecule has 140 valence electrons. The minimum absolute atomic E-state index is 0.0816. The summed E-state index contributed by atoms with van der Waals surface area (Å²) < 4.78 is 6.37. The van der Waals surface area contributed by atoms with E-state index >= 15 is 0 Å². The lowest BCUT2D eigenvalue weighted by Crippen LogP contribution is -2.47. The number of carbonyl (C=O) groups is 1. The van der Waals surface area contributed by atoms with Crippen molar-refractivity contribution in [3.8, 4) is 0 Å². The van der Waals surface area contributed by atoms with Gasteiger partial charge in [-0.05, 0) is 30.6 Å². The lowest BCUT2D eigenvalue weighted by Gasteiger charge is -2.38. The largest absolute Gasteiger partial charge is 0.414 e. The summed E-state index contributed by atoms with van der Waals surface area (Å²) in [5, 5.41) is 1.60. The molecule has 6 heteroatoms. The monoisotopic (exact) mass is 364 g/mol. The van der Waals surface area contributed by atoms with E-state index in [4.69, 9.17) is 9.26 Å². The lowest BCUT2D eigenvalue weighted by molar-refractivity contribution is -0.109. The first-order chi connectivity index (χ1) is 11.5. The zero-order valence-corrected chi connectivity index (χ0v) is 17.5. The highest BCUT2D eigenvalue weighted by Crippen LogP contribution is 2.38. The summed E-state index contributed by atoms with van der Waals surface area (Å²) in [6.07, 6.45) is 3.77. The van der Waals surface area contributed by atoms with E-state index in [-0.39, 0.29) is 23.2 Å². The summed E-state index contributed by atoms with van der Waals surface area (Å²) in [6, 6.07) is -0.292. The van der Waals surface area contributed by atoms with Crippen LogP contribution >= 0.6 is 0 Å². The first kappa shape index (κ1) is 19.9. The number of fused-ring (bicyclic) bond motifs is 2. The summed E-state index contributed by atoms with van der Waals surface area (Å²) >= 11 is 0. The normalized spacial score (nSPS) is 23.8. The van der Waals surface area contributed by atoms with Crippen molar-refractivity contribution >= 4 is 14.3 Å². The molecule has 0 aromatic rings. The first-order valence-electron chi connectivity index (χ1n) is 8.85. The molecule has 2 rings (SSSR count). The third kappa shape index (κ3) is 3.91. The predicted octanol–water partition coefficient (Wildman–Crippen LogP) is 4.12. The maximum absolute atomic E-state index is 12.8. The molecule has 25 heavy (non-hydrogen) atoms. The zero-order chi connectivity index (χ0) is 19.0. The van der Waals surface area contributed by atoms with Gasteiger partial charge in [0.05, 0.1) is 25.8 Å². The van der Waals surface area contributed by atoms with Gasteiger partial charge in [-0.3, -0.25) is 4.84 Å². The summed E-state index contributed by atoms with van der Waals surface area (Å²) in [6.45, 7) is 22.3. The van der Waals surface area contributed by atoms with Crippen LogP contribution in [0, 0.1) is 0 Å². The molecule has 0 aliphatic carbocycles. The van der Waals surface area contributed by atoms with Crippen LogP contribution in [0.1, 0.15) is 27.7 Å². The Hall–Kier alpha value is -1.37. The number of carbonyl (C=O) groups excluding carboxylic acids is 1. The molecule has 0 aromatic heterocycles. The highest BCUT2D eigenvalue weighted by molar-refractivity contribution is 6.74. The fraction of sp³-hybridized carbons (Fsp3) is 0.632. The average molecular weight is 365 g/mol. The molecule has 2 amide bonds. The van der Waals surface area contributed by atoms with Gasteiger partial charge in [-0.2, -0.15) is 5.06 Å². The minimum Gasteiger partial charge on any atom is -0.414 e. The van der Waals surface area contributed by atoms with Crippen molar-refractivity contribution in [1.82, 2.24) is 9.96 Å². The van der Waals surface area contributed by atoms with E-state index in [0.29, 0.717) is 19.8 Å². The second-order valence-corrected chi connectivity index (χ2v) is 13.2. The summed E-state index contributed by atoms with van der Waals surface area (Å²) in [7, 11) is -1.87. The molecule has 0 N–H and O–H groups in total. The fourth-order valence-electron chi connectivity index (χ4n) is 2.86. The first-order valence-corrected chi connectivity index (χ1v) is 11.8. The molecule has 2 aliphatic heterocycles. The van der Waals surface area contributed by atoms with E-state index < -0.39 is 8.32 Å². The molecule has 2 atom stereocenters. The van der Waals surface area contributed by atoms with Crippen LogP contribution in [0.4, 0.5) is 4.79 Å². The van der Waals surface area contributed by atoms with Gasteiger partial charge in [0.15, 0.2) is 8.32 Å². The van der Waals surface area contributed by atoms with Crippen molar-refractivity contribution in [3.63, 3.8) is 0 Å². The number of hydrogen-bond donors (Lipinski definition) is 0. The van der Waals surface area contributed by atoms with Gasteiger partial charge in [0.2, 0.25) is 0 Å². The molecule has 0 spiro atoms. The maximum atomic E-state index is 12.8. The van der Waals surface area contributed by atoms with Crippen molar-refractivity contribution < 1.29 is 14.1 Å². The van der Waals surface area contributed by atoms with Crippen LogP contribution in [0.3, 0.4) is 0 Å². The molecule has 5 nitrogen and oxygen atoms in total. The summed E-state index contributed by atoms with van der Waals surface area (Å²) in [5.41, 5.74) is 2.03. The number of nitrogens with zero attached hydrogens (tertiary/aromatic N) is 2. The molecule has 0 radical (unpaired) electrons. The van der Waals surface area contributed by atoms with Crippen molar-refractivity contribution in [2.45, 2.75) is 57.9 Å². The van der Waals surface area contributed by atoms with Crippen LogP contribution in [-0.2, 0) is 9.26 Å². The molecule has 1 saturated heterocycles. The quantitative estimate of drug-likeness (QED) is 0.504. The SMILES string of the molecule is C=CCON1C(=O)N2CC1C(C(=C)C)=CC2CO[Si](C)(C)C(C)(C)C. The molecule has 2 bridgehead atoms. The van der Waals surface area contributed by atoms with E-state index in [0.717, 1.165) is 11.1 Å². The predicted molar refractivity (Wildman–Crippen MR) is 104 cm³/mol. The van der Waals surface area contributed by atoms with Gasteiger partial charge in [0.25, 0.3) is 0 Å². The molecular formula is C19H32N2O3Si. The highest BCUT2D eigenvalue weighted by Gasteiger charge is 2.47. The van der Waals surface area contributed by atoms with Gasteiger partial charge in [-0.1, -0.05) is 45.1 Å². The van der Waals surface area contributed by atoms with E-state index in [9.17, 15) is 4.79 Å². The molecule has 0 aromatic carbocycles. The third-order valence-electron chi connectivity index (χ3n) is 5.46. The second kappa shape index (κ2) is 7.09. The van der Waals surface area contributed by atoms with Crippen LogP contribution in [0.5, 0.6) is 0 Å². The minimum atomic E-state index is -1.87. The van der Waals surface area contributed by atoms with E-state index in [1.165, 1.54) is 5.06 Å². The van der Waals surface area contributed by atoms with Crippen molar-refractivity contribution in [3.05, 3.63) is 36.5 Å². The number of hydrogen-bond acceptors (Lipinski definition) is 3. The molecule has 2 unspecified atom stereocenters. The molecule has 0 saturated carbocycles. The van der Waals surface area contributed by atoms with Gasteiger partial charge in [-0.25, -0.2) is 4.79 Å². The zero-order valence-electron chi connectivity index (χ0n) is 16.5. The Balaban J connectivity index is 2.20. The van der Waals surface area contributed by atoms with E-state index in [1.54, 1.807) is 6.08 Å².